The number of benzene rings is 2. The molecule has 1 atom stereocenters. The molecule has 7 heteroatoms. The van der Waals surface area contributed by atoms with Gasteiger partial charge in [0.25, 0.3) is 5.91 Å². The highest BCUT2D eigenvalue weighted by Crippen LogP contribution is 2.37. The van der Waals surface area contributed by atoms with Gasteiger partial charge in [0.15, 0.2) is 0 Å². The Morgan fingerprint density at radius 2 is 1.83 bits per heavy atom. The predicted octanol–water partition coefficient (Wildman–Crippen LogP) is 4.45. The highest BCUT2D eigenvalue weighted by molar-refractivity contribution is 6.30. The van der Waals surface area contributed by atoms with Crippen molar-refractivity contribution in [1.29, 1.82) is 0 Å². The number of aliphatic carboxylic acids is 1. The Morgan fingerprint density at radius 3 is 2.47 bits per heavy atom. The van der Waals surface area contributed by atoms with Crippen LogP contribution in [0.2, 0.25) is 5.02 Å². The summed E-state index contributed by atoms with van der Waals surface area (Å²) in [6.45, 7) is 6.50. The molecular weight excluding hydrogens is 406 g/mol. The summed E-state index contributed by atoms with van der Waals surface area (Å²) in [5.74, 6) is -1.08. The van der Waals surface area contributed by atoms with Crippen molar-refractivity contribution in [1.82, 2.24) is 0 Å². The number of carboxylic acids is 1. The third kappa shape index (κ3) is 6.08. The van der Waals surface area contributed by atoms with E-state index in [1.807, 2.05) is 26.8 Å². The van der Waals surface area contributed by atoms with Crippen LogP contribution < -0.4 is 9.64 Å². The Hall–Kier alpha value is -2.83. The van der Waals surface area contributed by atoms with Crippen LogP contribution >= 0.6 is 11.6 Å². The number of aliphatic hydroxyl groups excluding tert-OH is 1. The molecule has 1 unspecified atom stereocenters. The van der Waals surface area contributed by atoms with Gasteiger partial charge in [-0.25, -0.2) is 4.79 Å². The van der Waals surface area contributed by atoms with Gasteiger partial charge in [0.1, 0.15) is 11.9 Å². The SMILES string of the molecule is CCOc1ccccc1C(O)c1cc(Cl)ccc1N(CC(C)C)C(=O)/C=C/C(=O)O. The van der Waals surface area contributed by atoms with Crippen molar-refractivity contribution in [2.75, 3.05) is 18.1 Å². The minimum atomic E-state index is -1.21. The first-order valence-electron chi connectivity index (χ1n) is 9.66. The van der Waals surface area contributed by atoms with Crippen molar-refractivity contribution in [3.05, 3.63) is 70.8 Å². The van der Waals surface area contributed by atoms with E-state index in [0.29, 0.717) is 40.7 Å². The average molecular weight is 432 g/mol. The van der Waals surface area contributed by atoms with Gasteiger partial charge in [-0.15, -0.1) is 0 Å². The largest absolute Gasteiger partial charge is 0.493 e. The lowest BCUT2D eigenvalue weighted by atomic mass is 9.97. The van der Waals surface area contributed by atoms with E-state index in [1.54, 1.807) is 36.4 Å². The molecule has 0 aliphatic heterocycles. The minimum absolute atomic E-state index is 0.101. The molecule has 2 N–H and O–H groups in total. The lowest BCUT2D eigenvalue weighted by Crippen LogP contribution is -2.34. The van der Waals surface area contributed by atoms with E-state index in [0.717, 1.165) is 12.2 Å². The highest BCUT2D eigenvalue weighted by atomic mass is 35.5. The molecule has 0 saturated carbocycles. The first-order valence-corrected chi connectivity index (χ1v) is 10.0. The molecule has 1 amide bonds. The van der Waals surface area contributed by atoms with Crippen molar-refractivity contribution in [2.24, 2.45) is 5.92 Å². The molecular formula is C23H26ClNO5. The molecule has 30 heavy (non-hydrogen) atoms. The molecule has 0 saturated heterocycles. The molecule has 0 aliphatic carbocycles. The molecule has 0 aromatic heterocycles. The second-order valence-corrected chi connectivity index (χ2v) is 7.53. The van der Waals surface area contributed by atoms with Gasteiger partial charge >= 0.3 is 5.97 Å². The van der Waals surface area contributed by atoms with Crippen LogP contribution in [0.5, 0.6) is 5.75 Å². The van der Waals surface area contributed by atoms with E-state index in [2.05, 4.69) is 0 Å². The average Bonchev–Trinajstić information content (AvgIpc) is 2.70. The number of carboxylic acid groups (broad SMARTS) is 1. The van der Waals surface area contributed by atoms with Crippen molar-refractivity contribution >= 4 is 29.2 Å². The van der Waals surface area contributed by atoms with E-state index in [9.17, 15) is 14.7 Å². The number of ether oxygens (including phenoxy) is 1. The number of carbonyl (C=O) groups excluding carboxylic acids is 1. The summed E-state index contributed by atoms with van der Waals surface area (Å²) in [6.07, 6.45) is 0.697. The van der Waals surface area contributed by atoms with Crippen molar-refractivity contribution in [3.8, 4) is 5.75 Å². The van der Waals surface area contributed by atoms with E-state index in [4.69, 9.17) is 21.4 Å². The summed E-state index contributed by atoms with van der Waals surface area (Å²) in [7, 11) is 0. The number of halogens is 1. The molecule has 0 fully saturated rings. The topological polar surface area (TPSA) is 87.1 Å². The van der Waals surface area contributed by atoms with E-state index in [1.165, 1.54) is 4.90 Å². The van der Waals surface area contributed by atoms with Gasteiger partial charge < -0.3 is 19.8 Å². The number of aliphatic hydroxyl groups is 1. The highest BCUT2D eigenvalue weighted by Gasteiger charge is 2.24. The lowest BCUT2D eigenvalue weighted by molar-refractivity contribution is -0.131. The lowest BCUT2D eigenvalue weighted by Gasteiger charge is -2.28. The molecule has 0 bridgehead atoms. The number of anilines is 1. The fraction of sp³-hybridized carbons (Fsp3) is 0.304. The molecule has 6 nitrogen and oxygen atoms in total. The summed E-state index contributed by atoms with van der Waals surface area (Å²) < 4.78 is 5.64. The summed E-state index contributed by atoms with van der Waals surface area (Å²) in [5, 5.41) is 20.5. The molecule has 0 spiro atoms. The number of hydrogen-bond acceptors (Lipinski definition) is 4. The fourth-order valence-corrected chi connectivity index (χ4v) is 3.24. The van der Waals surface area contributed by atoms with Crippen LogP contribution in [0.1, 0.15) is 38.0 Å². The van der Waals surface area contributed by atoms with Crippen LogP contribution in [0, 0.1) is 5.92 Å². The Kier molecular flexibility index (Phi) is 8.45. The third-order valence-electron chi connectivity index (χ3n) is 4.27. The molecule has 0 radical (unpaired) electrons. The van der Waals surface area contributed by atoms with E-state index < -0.39 is 18.0 Å². The van der Waals surface area contributed by atoms with Gasteiger partial charge in [0.05, 0.1) is 12.3 Å². The Bertz CT molecular complexity index is 926. The number of para-hydroxylation sites is 1. The Labute approximate surface area is 181 Å². The third-order valence-corrected chi connectivity index (χ3v) is 4.51. The number of amides is 1. The van der Waals surface area contributed by atoms with Gasteiger partial charge in [-0.1, -0.05) is 43.6 Å². The number of hydrogen-bond donors (Lipinski definition) is 2. The predicted molar refractivity (Wildman–Crippen MR) is 117 cm³/mol. The van der Waals surface area contributed by atoms with Crippen molar-refractivity contribution in [2.45, 2.75) is 26.9 Å². The smallest absolute Gasteiger partial charge is 0.328 e. The van der Waals surface area contributed by atoms with Crippen LogP contribution in [-0.4, -0.2) is 35.2 Å². The number of nitrogens with zero attached hydrogens (tertiary/aromatic N) is 1. The Morgan fingerprint density at radius 1 is 1.13 bits per heavy atom. The standard InChI is InChI=1S/C23H26ClNO5/c1-4-30-20-8-6-5-7-17(20)23(29)18-13-16(24)9-10-19(18)25(14-15(2)3)21(26)11-12-22(27)28/h5-13,15,23,29H,4,14H2,1-3H3,(H,27,28)/b12-11+. The number of rotatable bonds is 9. The second kappa shape index (κ2) is 10.8. The zero-order valence-corrected chi connectivity index (χ0v) is 18.0. The maximum atomic E-state index is 12.8. The van der Waals surface area contributed by atoms with Gasteiger partial charge in [-0.05, 0) is 37.1 Å². The second-order valence-electron chi connectivity index (χ2n) is 7.09. The zero-order valence-electron chi connectivity index (χ0n) is 17.2. The van der Waals surface area contributed by atoms with E-state index >= 15 is 0 Å². The first-order chi connectivity index (χ1) is 14.2. The van der Waals surface area contributed by atoms with Crippen LogP contribution in [0.4, 0.5) is 5.69 Å². The van der Waals surface area contributed by atoms with Crippen LogP contribution in [0.3, 0.4) is 0 Å². The monoisotopic (exact) mass is 431 g/mol. The van der Waals surface area contributed by atoms with Gasteiger partial charge in [-0.3, -0.25) is 4.79 Å². The number of carbonyl (C=O) groups is 2. The van der Waals surface area contributed by atoms with Gasteiger partial charge in [0.2, 0.25) is 0 Å². The van der Waals surface area contributed by atoms with Crippen LogP contribution in [0.15, 0.2) is 54.6 Å². The molecule has 2 aromatic carbocycles. The summed E-state index contributed by atoms with van der Waals surface area (Å²) in [6, 6.07) is 12.0. The summed E-state index contributed by atoms with van der Waals surface area (Å²) >= 11 is 6.20. The quantitative estimate of drug-likeness (QED) is 0.573. The molecule has 2 aromatic rings. The van der Waals surface area contributed by atoms with Gasteiger partial charge in [0, 0.05) is 34.8 Å². The van der Waals surface area contributed by atoms with Crippen LogP contribution in [0.25, 0.3) is 0 Å². The van der Waals surface area contributed by atoms with Crippen LogP contribution in [-0.2, 0) is 9.59 Å². The van der Waals surface area contributed by atoms with Crippen molar-refractivity contribution in [3.63, 3.8) is 0 Å². The molecule has 2 rings (SSSR count). The summed E-state index contributed by atoms with van der Waals surface area (Å²) in [4.78, 5) is 25.1. The minimum Gasteiger partial charge on any atom is -0.493 e. The maximum absolute atomic E-state index is 12.8. The molecule has 0 heterocycles. The summed E-state index contributed by atoms with van der Waals surface area (Å²) in [5.41, 5.74) is 1.42. The van der Waals surface area contributed by atoms with Gasteiger partial charge in [-0.2, -0.15) is 0 Å². The maximum Gasteiger partial charge on any atom is 0.328 e. The van der Waals surface area contributed by atoms with E-state index in [-0.39, 0.29) is 5.92 Å². The van der Waals surface area contributed by atoms with Crippen molar-refractivity contribution < 1.29 is 24.5 Å². The molecule has 160 valence electrons. The fourth-order valence-electron chi connectivity index (χ4n) is 3.06. The zero-order chi connectivity index (χ0) is 22.3. The molecule has 0 aliphatic rings. The first kappa shape index (κ1) is 23.4. The Balaban J connectivity index is 2.58. The normalized spacial score (nSPS) is 12.2.